The van der Waals surface area contributed by atoms with Crippen molar-refractivity contribution in [2.75, 3.05) is 6.54 Å². The zero-order valence-corrected chi connectivity index (χ0v) is 10.7. The zero-order valence-electron chi connectivity index (χ0n) is 10.7. The standard InChI is InChI=1S/C11H11FN6O3/c12-7-1-9(3-10(2-7)18(20)21)17-6-8(15-16-17)5-14-11(19)4-13/h1-3,6H,4-5,13H2,(H,14,19). The molecule has 1 amide bonds. The van der Waals surface area contributed by atoms with Gasteiger partial charge in [0, 0.05) is 12.1 Å². The minimum absolute atomic E-state index is 0.105. The van der Waals surface area contributed by atoms with Crippen molar-refractivity contribution in [3.8, 4) is 5.69 Å². The van der Waals surface area contributed by atoms with Gasteiger partial charge in [0.2, 0.25) is 5.91 Å². The van der Waals surface area contributed by atoms with Crippen LogP contribution in [0, 0.1) is 15.9 Å². The number of hydrogen-bond acceptors (Lipinski definition) is 6. The first-order valence-electron chi connectivity index (χ1n) is 5.83. The summed E-state index contributed by atoms with van der Waals surface area (Å²) in [6, 6.07) is 3.06. The van der Waals surface area contributed by atoms with E-state index in [-0.39, 0.29) is 24.7 Å². The molecule has 0 spiro atoms. The first-order chi connectivity index (χ1) is 9.99. The molecular weight excluding hydrogens is 283 g/mol. The largest absolute Gasteiger partial charge is 0.349 e. The van der Waals surface area contributed by atoms with Crippen LogP contribution in [0.3, 0.4) is 0 Å². The molecule has 1 aromatic heterocycles. The van der Waals surface area contributed by atoms with Crippen molar-refractivity contribution in [3.63, 3.8) is 0 Å². The lowest BCUT2D eigenvalue weighted by atomic mass is 10.2. The lowest BCUT2D eigenvalue weighted by Crippen LogP contribution is -2.29. The monoisotopic (exact) mass is 294 g/mol. The van der Waals surface area contributed by atoms with E-state index in [1.807, 2.05) is 0 Å². The van der Waals surface area contributed by atoms with Crippen molar-refractivity contribution in [2.45, 2.75) is 6.54 Å². The van der Waals surface area contributed by atoms with Gasteiger partial charge in [-0.2, -0.15) is 0 Å². The van der Waals surface area contributed by atoms with Gasteiger partial charge in [0.05, 0.1) is 36.0 Å². The molecule has 0 aliphatic carbocycles. The summed E-state index contributed by atoms with van der Waals surface area (Å²) in [5, 5.41) is 20.7. The highest BCUT2D eigenvalue weighted by Crippen LogP contribution is 2.18. The zero-order chi connectivity index (χ0) is 15.4. The maximum Gasteiger partial charge on any atom is 0.274 e. The maximum absolute atomic E-state index is 13.3. The molecule has 2 rings (SSSR count). The Morgan fingerprint density at radius 1 is 1.48 bits per heavy atom. The molecule has 21 heavy (non-hydrogen) atoms. The highest BCUT2D eigenvalue weighted by Gasteiger charge is 2.12. The van der Waals surface area contributed by atoms with Gasteiger partial charge in [0.25, 0.3) is 5.69 Å². The van der Waals surface area contributed by atoms with Gasteiger partial charge < -0.3 is 11.1 Å². The molecule has 110 valence electrons. The predicted molar refractivity (Wildman–Crippen MR) is 68.9 cm³/mol. The van der Waals surface area contributed by atoms with E-state index in [4.69, 9.17) is 5.73 Å². The van der Waals surface area contributed by atoms with E-state index >= 15 is 0 Å². The van der Waals surface area contributed by atoms with Crippen molar-refractivity contribution in [3.05, 3.63) is 46.0 Å². The summed E-state index contributed by atoms with van der Waals surface area (Å²) in [4.78, 5) is 21.0. The quantitative estimate of drug-likeness (QED) is 0.584. The molecule has 0 atom stereocenters. The van der Waals surface area contributed by atoms with E-state index in [1.165, 1.54) is 16.9 Å². The third kappa shape index (κ3) is 3.57. The Labute approximate surface area is 117 Å². The number of nitro groups is 1. The van der Waals surface area contributed by atoms with Crippen LogP contribution in [-0.4, -0.2) is 32.4 Å². The maximum atomic E-state index is 13.3. The van der Waals surface area contributed by atoms with Crippen LogP contribution in [0.5, 0.6) is 0 Å². The minimum Gasteiger partial charge on any atom is -0.349 e. The van der Waals surface area contributed by atoms with Crippen molar-refractivity contribution in [1.82, 2.24) is 20.3 Å². The molecule has 3 N–H and O–H groups in total. The van der Waals surface area contributed by atoms with Gasteiger partial charge in [0.15, 0.2) is 0 Å². The molecule has 2 aromatic rings. The normalized spacial score (nSPS) is 10.4. The topological polar surface area (TPSA) is 129 Å². The molecule has 0 fully saturated rings. The number of carbonyl (C=O) groups is 1. The molecule has 1 aromatic carbocycles. The number of nitrogens with one attached hydrogen (secondary N) is 1. The molecule has 0 aliphatic heterocycles. The Morgan fingerprint density at radius 3 is 2.90 bits per heavy atom. The van der Waals surface area contributed by atoms with Crippen molar-refractivity contribution >= 4 is 11.6 Å². The average molecular weight is 294 g/mol. The van der Waals surface area contributed by atoms with Gasteiger partial charge in [-0.05, 0) is 0 Å². The number of benzene rings is 1. The van der Waals surface area contributed by atoms with Crippen molar-refractivity contribution < 1.29 is 14.1 Å². The Kier molecular flexibility index (Phi) is 4.18. The number of nitrogens with two attached hydrogens (primary N) is 1. The number of hydrogen-bond donors (Lipinski definition) is 2. The van der Waals surface area contributed by atoms with E-state index in [2.05, 4.69) is 15.6 Å². The third-order valence-electron chi connectivity index (χ3n) is 2.54. The summed E-state index contributed by atoms with van der Waals surface area (Å²) in [5.74, 6) is -1.11. The summed E-state index contributed by atoms with van der Waals surface area (Å²) >= 11 is 0. The van der Waals surface area contributed by atoms with E-state index in [0.29, 0.717) is 5.69 Å². The summed E-state index contributed by atoms with van der Waals surface area (Å²) in [7, 11) is 0. The van der Waals surface area contributed by atoms with Crippen molar-refractivity contribution in [1.29, 1.82) is 0 Å². The summed E-state index contributed by atoms with van der Waals surface area (Å²) in [6.45, 7) is -0.0440. The van der Waals surface area contributed by atoms with Crippen LogP contribution in [0.4, 0.5) is 10.1 Å². The first-order valence-corrected chi connectivity index (χ1v) is 5.83. The van der Waals surface area contributed by atoms with Crippen LogP contribution in [0.15, 0.2) is 24.4 Å². The third-order valence-corrected chi connectivity index (χ3v) is 2.54. The van der Waals surface area contributed by atoms with E-state index < -0.39 is 16.4 Å². The second kappa shape index (κ2) is 6.05. The fourth-order valence-electron chi connectivity index (χ4n) is 1.56. The van der Waals surface area contributed by atoms with Crippen LogP contribution in [0.25, 0.3) is 5.69 Å². The second-order valence-corrected chi connectivity index (χ2v) is 4.06. The van der Waals surface area contributed by atoms with Gasteiger partial charge in [0.1, 0.15) is 11.5 Å². The molecule has 0 saturated heterocycles. The Bertz CT molecular complexity index is 686. The van der Waals surface area contributed by atoms with Gasteiger partial charge in [-0.15, -0.1) is 5.10 Å². The smallest absolute Gasteiger partial charge is 0.274 e. The van der Waals surface area contributed by atoms with Gasteiger partial charge in [-0.3, -0.25) is 14.9 Å². The first kappa shape index (κ1) is 14.5. The molecule has 0 saturated carbocycles. The Morgan fingerprint density at radius 2 is 2.24 bits per heavy atom. The molecule has 0 unspecified atom stereocenters. The van der Waals surface area contributed by atoms with Crippen molar-refractivity contribution in [2.24, 2.45) is 5.73 Å². The molecule has 0 bridgehead atoms. The van der Waals surface area contributed by atoms with Crippen LogP contribution >= 0.6 is 0 Å². The molecule has 10 heteroatoms. The number of amides is 1. The van der Waals surface area contributed by atoms with Crippen LogP contribution in [0.2, 0.25) is 0 Å². The highest BCUT2D eigenvalue weighted by molar-refractivity contribution is 5.77. The number of nitrogens with zero attached hydrogens (tertiary/aromatic N) is 4. The minimum atomic E-state index is -0.757. The number of carbonyl (C=O) groups excluding carboxylic acids is 1. The van der Waals surface area contributed by atoms with Gasteiger partial charge in [-0.1, -0.05) is 5.21 Å². The molecule has 1 heterocycles. The van der Waals surface area contributed by atoms with Crippen LogP contribution in [0.1, 0.15) is 5.69 Å². The second-order valence-electron chi connectivity index (χ2n) is 4.06. The molecular formula is C11H11FN6O3. The Hall–Kier alpha value is -2.88. The number of non-ortho nitro benzene ring substituents is 1. The number of aromatic nitrogens is 3. The van der Waals surface area contributed by atoms with E-state index in [0.717, 1.165) is 12.1 Å². The van der Waals surface area contributed by atoms with Crippen LogP contribution < -0.4 is 11.1 Å². The summed E-state index contributed by atoms with van der Waals surface area (Å²) < 4.78 is 14.5. The number of halogens is 1. The fourth-order valence-corrected chi connectivity index (χ4v) is 1.56. The molecule has 0 radical (unpaired) electrons. The summed E-state index contributed by atoms with van der Waals surface area (Å²) in [5.41, 5.74) is 5.31. The highest BCUT2D eigenvalue weighted by atomic mass is 19.1. The fraction of sp³-hybridized carbons (Fsp3) is 0.182. The summed E-state index contributed by atoms with van der Waals surface area (Å²) in [6.07, 6.45) is 1.43. The van der Waals surface area contributed by atoms with Gasteiger partial charge >= 0.3 is 0 Å². The number of nitro benzene ring substituents is 1. The number of rotatable bonds is 5. The lowest BCUT2D eigenvalue weighted by molar-refractivity contribution is -0.385. The molecule has 9 nitrogen and oxygen atoms in total. The SMILES string of the molecule is NCC(=O)NCc1cn(-c2cc(F)cc([N+](=O)[O-])c2)nn1. The van der Waals surface area contributed by atoms with E-state index in [1.54, 1.807) is 0 Å². The lowest BCUT2D eigenvalue weighted by Gasteiger charge is -2.01. The van der Waals surface area contributed by atoms with Crippen LogP contribution in [-0.2, 0) is 11.3 Å². The average Bonchev–Trinajstić information content (AvgIpc) is 2.93. The Balaban J connectivity index is 2.21. The van der Waals surface area contributed by atoms with E-state index in [9.17, 15) is 19.3 Å². The molecule has 0 aliphatic rings. The predicted octanol–water partition coefficient (Wildman–Crippen LogP) is -0.111. The van der Waals surface area contributed by atoms with Gasteiger partial charge in [-0.25, -0.2) is 9.07 Å².